The van der Waals surface area contributed by atoms with Crippen molar-refractivity contribution in [1.29, 1.82) is 0 Å². The third-order valence-electron chi connectivity index (χ3n) is 2.86. The molecule has 14 heavy (non-hydrogen) atoms. The highest BCUT2D eigenvalue weighted by Crippen LogP contribution is 2.28. The molecule has 0 aromatic carbocycles. The Kier molecular flexibility index (Phi) is 4.66. The van der Waals surface area contributed by atoms with Crippen LogP contribution in [0.25, 0.3) is 0 Å². The van der Waals surface area contributed by atoms with Crippen LogP contribution < -0.4 is 5.73 Å². The summed E-state index contributed by atoms with van der Waals surface area (Å²) in [4.78, 5) is 11.5. The van der Waals surface area contributed by atoms with Gasteiger partial charge in [0.15, 0.2) is 0 Å². The van der Waals surface area contributed by atoms with E-state index < -0.39 is 0 Å². The van der Waals surface area contributed by atoms with E-state index in [0.717, 1.165) is 32.2 Å². The maximum absolute atomic E-state index is 11.5. The van der Waals surface area contributed by atoms with Gasteiger partial charge in [-0.25, -0.2) is 0 Å². The van der Waals surface area contributed by atoms with Crippen molar-refractivity contribution in [3.63, 3.8) is 0 Å². The summed E-state index contributed by atoms with van der Waals surface area (Å²) in [7, 11) is 0. The van der Waals surface area contributed by atoms with Gasteiger partial charge in [-0.2, -0.15) is 0 Å². The fourth-order valence-corrected chi connectivity index (χ4v) is 1.89. The second-order valence-corrected chi connectivity index (χ2v) is 3.87. The largest absolute Gasteiger partial charge is 0.461 e. The maximum atomic E-state index is 11.5. The van der Waals surface area contributed by atoms with Gasteiger partial charge in [-0.1, -0.05) is 12.7 Å². The minimum atomic E-state index is -0.0691. The van der Waals surface area contributed by atoms with Gasteiger partial charge in [-0.3, -0.25) is 4.79 Å². The monoisotopic (exact) mass is 197 g/mol. The van der Waals surface area contributed by atoms with Gasteiger partial charge in [0.05, 0.1) is 5.92 Å². The van der Waals surface area contributed by atoms with E-state index in [1.54, 1.807) is 6.08 Å². The van der Waals surface area contributed by atoms with Gasteiger partial charge in [0.25, 0.3) is 0 Å². The van der Waals surface area contributed by atoms with E-state index in [1.165, 1.54) is 0 Å². The van der Waals surface area contributed by atoms with Gasteiger partial charge in [-0.15, -0.1) is 0 Å². The van der Waals surface area contributed by atoms with Crippen LogP contribution in [0.3, 0.4) is 0 Å². The molecule has 1 rings (SSSR count). The molecule has 3 heteroatoms. The van der Waals surface area contributed by atoms with Crippen LogP contribution in [0.2, 0.25) is 0 Å². The van der Waals surface area contributed by atoms with Crippen molar-refractivity contribution in [2.75, 3.05) is 13.2 Å². The van der Waals surface area contributed by atoms with Crippen LogP contribution in [0.1, 0.15) is 25.7 Å². The maximum Gasteiger partial charge on any atom is 0.309 e. The number of hydrogen-bond donors (Lipinski definition) is 1. The highest BCUT2D eigenvalue weighted by Gasteiger charge is 2.26. The van der Waals surface area contributed by atoms with E-state index in [-0.39, 0.29) is 11.9 Å². The van der Waals surface area contributed by atoms with E-state index >= 15 is 0 Å². The minimum absolute atomic E-state index is 0.0691. The van der Waals surface area contributed by atoms with Crippen LogP contribution in [-0.4, -0.2) is 19.1 Å². The van der Waals surface area contributed by atoms with Gasteiger partial charge in [0, 0.05) is 0 Å². The lowest BCUT2D eigenvalue weighted by atomic mass is 9.82. The molecule has 0 spiro atoms. The van der Waals surface area contributed by atoms with Crippen molar-refractivity contribution in [3.05, 3.63) is 12.7 Å². The normalized spacial score (nSPS) is 26.9. The summed E-state index contributed by atoms with van der Waals surface area (Å²) in [6.45, 7) is 4.58. The first kappa shape index (κ1) is 11.2. The lowest BCUT2D eigenvalue weighted by Crippen LogP contribution is -2.26. The molecule has 0 aliphatic heterocycles. The second-order valence-electron chi connectivity index (χ2n) is 3.87. The lowest BCUT2D eigenvalue weighted by molar-refractivity contribution is -0.148. The molecular formula is C11H19NO2. The van der Waals surface area contributed by atoms with Crippen LogP contribution in [-0.2, 0) is 9.53 Å². The van der Waals surface area contributed by atoms with Crippen LogP contribution in [0, 0.1) is 11.8 Å². The average molecular weight is 197 g/mol. The van der Waals surface area contributed by atoms with Crippen LogP contribution in [0.5, 0.6) is 0 Å². The van der Waals surface area contributed by atoms with E-state index in [1.807, 2.05) is 0 Å². The van der Waals surface area contributed by atoms with E-state index in [9.17, 15) is 4.79 Å². The first-order valence-corrected chi connectivity index (χ1v) is 5.25. The summed E-state index contributed by atoms with van der Waals surface area (Å²) in [6.07, 6.45) is 5.58. The number of nitrogens with two attached hydrogens (primary N) is 1. The Morgan fingerprint density at radius 2 is 2.07 bits per heavy atom. The SMILES string of the molecule is C=CCOC(=O)[C@H]1CC[C@H](CN)CC1. The molecule has 3 nitrogen and oxygen atoms in total. The topological polar surface area (TPSA) is 52.3 Å². The summed E-state index contributed by atoms with van der Waals surface area (Å²) in [6, 6.07) is 0. The molecule has 0 aromatic heterocycles. The number of ether oxygens (including phenoxy) is 1. The number of rotatable bonds is 4. The van der Waals surface area contributed by atoms with Crippen molar-refractivity contribution in [1.82, 2.24) is 0 Å². The van der Waals surface area contributed by atoms with Crippen LogP contribution in [0.15, 0.2) is 12.7 Å². The Morgan fingerprint density at radius 3 is 2.57 bits per heavy atom. The molecule has 1 saturated carbocycles. The van der Waals surface area contributed by atoms with Crippen molar-refractivity contribution in [2.24, 2.45) is 17.6 Å². The fraction of sp³-hybridized carbons (Fsp3) is 0.727. The summed E-state index contributed by atoms with van der Waals surface area (Å²) < 4.78 is 5.01. The number of carbonyl (C=O) groups excluding carboxylic acids is 1. The summed E-state index contributed by atoms with van der Waals surface area (Å²) >= 11 is 0. The Hall–Kier alpha value is -0.830. The summed E-state index contributed by atoms with van der Waals surface area (Å²) in [5.41, 5.74) is 5.58. The number of esters is 1. The lowest BCUT2D eigenvalue weighted by Gasteiger charge is -2.25. The van der Waals surface area contributed by atoms with Gasteiger partial charge in [0.1, 0.15) is 6.61 Å². The Bertz CT molecular complexity index is 195. The molecule has 1 aliphatic carbocycles. The molecule has 80 valence electrons. The van der Waals surface area contributed by atoms with Crippen LogP contribution >= 0.6 is 0 Å². The summed E-state index contributed by atoms with van der Waals surface area (Å²) in [5.74, 6) is 0.636. The fourth-order valence-electron chi connectivity index (χ4n) is 1.89. The highest BCUT2D eigenvalue weighted by atomic mass is 16.5. The molecule has 0 heterocycles. The van der Waals surface area contributed by atoms with Gasteiger partial charge >= 0.3 is 5.97 Å². The molecule has 0 aromatic rings. The zero-order chi connectivity index (χ0) is 10.4. The highest BCUT2D eigenvalue weighted by molar-refractivity contribution is 5.72. The summed E-state index contributed by atoms with van der Waals surface area (Å²) in [5, 5.41) is 0. The molecule has 0 bridgehead atoms. The quantitative estimate of drug-likeness (QED) is 0.548. The Labute approximate surface area is 85.3 Å². The molecule has 1 fully saturated rings. The zero-order valence-electron chi connectivity index (χ0n) is 8.58. The number of carbonyl (C=O) groups is 1. The first-order valence-electron chi connectivity index (χ1n) is 5.25. The smallest absolute Gasteiger partial charge is 0.309 e. The standard InChI is InChI=1S/C11H19NO2/c1-2-7-14-11(13)10-5-3-9(8-12)4-6-10/h2,9-10H,1,3-8,12H2/t9-,10-. The minimum Gasteiger partial charge on any atom is -0.461 e. The third-order valence-corrected chi connectivity index (χ3v) is 2.86. The predicted octanol–water partition coefficient (Wildman–Crippen LogP) is 1.48. The first-order chi connectivity index (χ1) is 6.77. The van der Waals surface area contributed by atoms with Gasteiger partial charge in [-0.05, 0) is 38.1 Å². The van der Waals surface area contributed by atoms with Crippen molar-refractivity contribution >= 4 is 5.97 Å². The third kappa shape index (κ3) is 3.14. The predicted molar refractivity (Wildman–Crippen MR) is 55.7 cm³/mol. The zero-order valence-corrected chi connectivity index (χ0v) is 8.58. The molecule has 0 radical (unpaired) electrons. The molecule has 0 saturated heterocycles. The van der Waals surface area contributed by atoms with E-state index in [0.29, 0.717) is 12.5 Å². The van der Waals surface area contributed by atoms with E-state index in [4.69, 9.17) is 10.5 Å². The molecule has 0 unspecified atom stereocenters. The van der Waals surface area contributed by atoms with E-state index in [2.05, 4.69) is 6.58 Å². The van der Waals surface area contributed by atoms with Crippen molar-refractivity contribution in [3.8, 4) is 0 Å². The van der Waals surface area contributed by atoms with Crippen molar-refractivity contribution in [2.45, 2.75) is 25.7 Å². The molecule has 0 atom stereocenters. The van der Waals surface area contributed by atoms with Crippen LogP contribution in [0.4, 0.5) is 0 Å². The average Bonchev–Trinajstić information content (AvgIpc) is 2.26. The molecule has 2 N–H and O–H groups in total. The van der Waals surface area contributed by atoms with Gasteiger partial charge in [0.2, 0.25) is 0 Å². The Morgan fingerprint density at radius 1 is 1.43 bits per heavy atom. The van der Waals surface area contributed by atoms with Crippen molar-refractivity contribution < 1.29 is 9.53 Å². The molecule has 1 aliphatic rings. The number of hydrogen-bond acceptors (Lipinski definition) is 3. The molecular weight excluding hydrogens is 178 g/mol. The Balaban J connectivity index is 2.26. The van der Waals surface area contributed by atoms with Gasteiger partial charge < -0.3 is 10.5 Å². The second kappa shape index (κ2) is 5.81. The molecule has 0 amide bonds.